The average Bonchev–Trinajstić information content (AvgIpc) is 3.50. The smallest absolute Gasteiger partial charge is 0.277 e. The van der Waals surface area contributed by atoms with Gasteiger partial charge in [-0.15, -0.1) is 10.2 Å². The molecule has 1 fully saturated rings. The van der Waals surface area contributed by atoms with Crippen LogP contribution in [-0.2, 0) is 17.9 Å². The molecule has 0 spiro atoms. The first-order valence-electron chi connectivity index (χ1n) is 10.1. The Morgan fingerprint density at radius 1 is 1.29 bits per heavy atom. The zero-order valence-corrected chi connectivity index (χ0v) is 18.3. The van der Waals surface area contributed by atoms with E-state index in [0.717, 1.165) is 37.4 Å². The molecule has 164 valence electrons. The highest BCUT2D eigenvalue weighted by atomic mass is 32.2. The number of hydrogen-bond acceptors (Lipinski definition) is 7. The van der Waals surface area contributed by atoms with Gasteiger partial charge in [-0.25, -0.2) is 4.39 Å². The van der Waals surface area contributed by atoms with Crippen molar-refractivity contribution in [3.05, 3.63) is 59.0 Å². The van der Waals surface area contributed by atoms with Crippen LogP contribution >= 0.6 is 11.8 Å². The number of carbonyl (C=O) groups is 1. The first-order valence-corrected chi connectivity index (χ1v) is 11.1. The van der Waals surface area contributed by atoms with E-state index in [0.29, 0.717) is 16.5 Å². The maximum atomic E-state index is 12.9. The molecule has 1 unspecified atom stereocenters. The zero-order valence-electron chi connectivity index (χ0n) is 17.5. The van der Waals surface area contributed by atoms with Crippen molar-refractivity contribution in [1.29, 1.82) is 0 Å². The van der Waals surface area contributed by atoms with Crippen molar-refractivity contribution in [3.63, 3.8) is 0 Å². The number of benzene rings is 1. The van der Waals surface area contributed by atoms with Crippen LogP contribution in [0.5, 0.6) is 5.75 Å². The summed E-state index contributed by atoms with van der Waals surface area (Å²) in [5.74, 6) is 0.668. The molecule has 31 heavy (non-hydrogen) atoms. The standard InChI is InChI=1S/C22H24FN3O4S/c1-14-10-19(15(2)26(14)11-18-4-3-9-28-18)20(27)13-31-22-25-24-21(30-22)12-29-17-7-5-16(23)6-8-17/h5-8,10,18H,3-4,9,11-13H2,1-2H3. The Kier molecular flexibility index (Phi) is 6.72. The van der Waals surface area contributed by atoms with Crippen molar-refractivity contribution in [2.45, 2.75) is 51.2 Å². The van der Waals surface area contributed by atoms with Gasteiger partial charge in [0, 0.05) is 30.1 Å². The molecule has 1 aliphatic heterocycles. The van der Waals surface area contributed by atoms with Crippen molar-refractivity contribution < 1.29 is 23.1 Å². The lowest BCUT2D eigenvalue weighted by molar-refractivity contribution is 0.0957. The summed E-state index contributed by atoms with van der Waals surface area (Å²) in [7, 11) is 0. The maximum Gasteiger partial charge on any atom is 0.277 e. The largest absolute Gasteiger partial charge is 0.484 e. The predicted molar refractivity (Wildman–Crippen MR) is 113 cm³/mol. The van der Waals surface area contributed by atoms with E-state index in [9.17, 15) is 9.18 Å². The molecule has 1 aliphatic rings. The van der Waals surface area contributed by atoms with E-state index in [1.807, 2.05) is 19.9 Å². The number of rotatable bonds is 9. The molecule has 0 radical (unpaired) electrons. The van der Waals surface area contributed by atoms with Crippen LogP contribution in [0.25, 0.3) is 0 Å². The van der Waals surface area contributed by atoms with Gasteiger partial charge in [-0.3, -0.25) is 4.79 Å². The summed E-state index contributed by atoms with van der Waals surface area (Å²) in [5.41, 5.74) is 2.72. The summed E-state index contributed by atoms with van der Waals surface area (Å²) in [5, 5.41) is 8.19. The molecule has 9 heteroatoms. The van der Waals surface area contributed by atoms with Gasteiger partial charge in [0.05, 0.1) is 11.9 Å². The van der Waals surface area contributed by atoms with Gasteiger partial charge in [-0.05, 0) is 57.0 Å². The number of aromatic nitrogens is 3. The molecular weight excluding hydrogens is 421 g/mol. The summed E-state index contributed by atoms with van der Waals surface area (Å²) in [6.07, 6.45) is 2.37. The lowest BCUT2D eigenvalue weighted by atomic mass is 10.2. The fourth-order valence-electron chi connectivity index (χ4n) is 3.59. The van der Waals surface area contributed by atoms with Crippen LogP contribution in [0.15, 0.2) is 40.0 Å². The lowest BCUT2D eigenvalue weighted by Gasteiger charge is -2.14. The maximum absolute atomic E-state index is 12.9. The predicted octanol–water partition coefficient (Wildman–Crippen LogP) is 4.36. The van der Waals surface area contributed by atoms with Crippen LogP contribution < -0.4 is 4.74 Å². The van der Waals surface area contributed by atoms with Gasteiger partial charge in [0.15, 0.2) is 12.4 Å². The van der Waals surface area contributed by atoms with Crippen LogP contribution in [-0.4, -0.2) is 39.0 Å². The Balaban J connectivity index is 1.31. The third-order valence-corrected chi connectivity index (χ3v) is 6.05. The Morgan fingerprint density at radius 2 is 2.10 bits per heavy atom. The van der Waals surface area contributed by atoms with Gasteiger partial charge in [-0.1, -0.05) is 11.8 Å². The number of thioether (sulfide) groups is 1. The number of ketones is 1. The number of aryl methyl sites for hydroxylation is 1. The summed E-state index contributed by atoms with van der Waals surface area (Å²) >= 11 is 1.20. The van der Waals surface area contributed by atoms with Crippen molar-refractivity contribution >= 4 is 17.5 Å². The highest BCUT2D eigenvalue weighted by Gasteiger charge is 2.21. The second-order valence-corrected chi connectivity index (χ2v) is 8.37. The van der Waals surface area contributed by atoms with Crippen molar-refractivity contribution in [2.75, 3.05) is 12.4 Å². The molecule has 0 saturated carbocycles. The van der Waals surface area contributed by atoms with E-state index in [2.05, 4.69) is 14.8 Å². The van der Waals surface area contributed by atoms with E-state index >= 15 is 0 Å². The third kappa shape index (κ3) is 5.34. The first-order chi connectivity index (χ1) is 15.0. The summed E-state index contributed by atoms with van der Waals surface area (Å²) in [6.45, 7) is 5.64. The Labute approximate surface area is 183 Å². The van der Waals surface area contributed by atoms with Gasteiger partial charge >= 0.3 is 0 Å². The van der Waals surface area contributed by atoms with Gasteiger partial charge in [0.1, 0.15) is 11.6 Å². The van der Waals surface area contributed by atoms with Gasteiger partial charge < -0.3 is 18.5 Å². The SMILES string of the molecule is Cc1cc(C(=O)CSc2nnc(COc3ccc(F)cc3)o2)c(C)n1CC1CCCO1. The number of carbonyl (C=O) groups excluding carboxylic acids is 1. The third-order valence-electron chi connectivity index (χ3n) is 5.24. The molecule has 3 aromatic rings. The van der Waals surface area contributed by atoms with Crippen LogP contribution in [0, 0.1) is 19.7 Å². The van der Waals surface area contributed by atoms with Gasteiger partial charge in [-0.2, -0.15) is 0 Å². The van der Waals surface area contributed by atoms with Crippen molar-refractivity contribution in [1.82, 2.24) is 14.8 Å². The van der Waals surface area contributed by atoms with E-state index in [4.69, 9.17) is 13.9 Å². The fourth-order valence-corrected chi connectivity index (χ4v) is 4.26. The van der Waals surface area contributed by atoms with E-state index < -0.39 is 0 Å². The molecule has 0 bridgehead atoms. The van der Waals surface area contributed by atoms with Crippen LogP contribution in [0.4, 0.5) is 4.39 Å². The monoisotopic (exact) mass is 445 g/mol. The van der Waals surface area contributed by atoms with Gasteiger partial charge in [0.2, 0.25) is 0 Å². The summed E-state index contributed by atoms with van der Waals surface area (Å²) < 4.78 is 31.8. The second kappa shape index (κ2) is 9.65. The highest BCUT2D eigenvalue weighted by molar-refractivity contribution is 7.99. The molecule has 0 aliphatic carbocycles. The highest BCUT2D eigenvalue weighted by Crippen LogP contribution is 2.24. The number of halogens is 1. The van der Waals surface area contributed by atoms with Gasteiger partial charge in [0.25, 0.3) is 11.1 Å². The molecule has 7 nitrogen and oxygen atoms in total. The summed E-state index contributed by atoms with van der Waals surface area (Å²) in [6, 6.07) is 7.61. The first kappa shape index (κ1) is 21.6. The minimum Gasteiger partial charge on any atom is -0.484 e. The second-order valence-electron chi connectivity index (χ2n) is 7.45. The number of ether oxygens (including phenoxy) is 2. The Bertz CT molecular complexity index is 1040. The zero-order chi connectivity index (χ0) is 21.8. The molecule has 0 N–H and O–H groups in total. The molecule has 1 saturated heterocycles. The number of nitrogens with zero attached hydrogens (tertiary/aromatic N) is 3. The van der Waals surface area contributed by atoms with E-state index in [1.54, 1.807) is 0 Å². The van der Waals surface area contributed by atoms with E-state index in [-0.39, 0.29) is 36.0 Å². The minimum absolute atomic E-state index is 0.0130. The molecule has 1 aromatic carbocycles. The summed E-state index contributed by atoms with van der Waals surface area (Å²) in [4.78, 5) is 12.8. The quantitative estimate of drug-likeness (QED) is 0.358. The molecule has 2 aromatic heterocycles. The molecule has 4 rings (SSSR count). The molecule has 1 atom stereocenters. The van der Waals surface area contributed by atoms with Crippen LogP contribution in [0.2, 0.25) is 0 Å². The molecule has 0 amide bonds. The van der Waals surface area contributed by atoms with Crippen LogP contribution in [0.1, 0.15) is 40.5 Å². The fraction of sp³-hybridized carbons (Fsp3) is 0.409. The number of Topliss-reactive ketones (excluding diaryl/α,β-unsaturated/α-hetero) is 1. The topological polar surface area (TPSA) is 79.4 Å². The van der Waals surface area contributed by atoms with Crippen molar-refractivity contribution in [3.8, 4) is 5.75 Å². The van der Waals surface area contributed by atoms with E-state index in [1.165, 1.54) is 36.0 Å². The molecular formula is C22H24FN3O4S. The minimum atomic E-state index is -0.332. The van der Waals surface area contributed by atoms with Crippen LogP contribution in [0.3, 0.4) is 0 Å². The lowest BCUT2D eigenvalue weighted by Crippen LogP contribution is -2.17. The number of hydrogen-bond donors (Lipinski definition) is 0. The van der Waals surface area contributed by atoms with Crippen molar-refractivity contribution in [2.24, 2.45) is 0 Å². The molecule has 3 heterocycles. The Morgan fingerprint density at radius 3 is 2.84 bits per heavy atom. The Hall–Kier alpha value is -2.65. The average molecular weight is 446 g/mol. The normalized spacial score (nSPS) is 16.0.